The average molecular weight is 582 g/mol. The van der Waals surface area contributed by atoms with Gasteiger partial charge in [0.15, 0.2) is 5.82 Å². The Morgan fingerprint density at radius 2 is 1.86 bits per heavy atom. The summed E-state index contributed by atoms with van der Waals surface area (Å²) in [5.74, 6) is 0.654. The molecular weight excluding hydrogens is 554 g/mol. The smallest absolute Gasteiger partial charge is 0.417 e. The van der Waals surface area contributed by atoms with Crippen molar-refractivity contribution < 1.29 is 36.6 Å². The van der Waals surface area contributed by atoms with Crippen LogP contribution >= 0.6 is 0 Å². The minimum Gasteiger partial charge on any atom is -0.492 e. The van der Waals surface area contributed by atoms with Gasteiger partial charge in [0.05, 0.1) is 25.7 Å². The van der Waals surface area contributed by atoms with Crippen LogP contribution in [0.5, 0.6) is 11.5 Å². The number of aryl methyl sites for hydroxylation is 2. The van der Waals surface area contributed by atoms with E-state index in [-0.39, 0.29) is 41.4 Å². The van der Waals surface area contributed by atoms with E-state index < -0.39 is 23.7 Å². The number of alkyl halides is 3. The van der Waals surface area contributed by atoms with Crippen LogP contribution in [0.2, 0.25) is 0 Å². The summed E-state index contributed by atoms with van der Waals surface area (Å²) >= 11 is 0. The number of carbonyl (C=O) groups excluding carboxylic acids is 1. The molecule has 6 rings (SSSR count). The molecule has 0 fully saturated rings. The Kier molecular flexibility index (Phi) is 6.90. The van der Waals surface area contributed by atoms with Crippen molar-refractivity contribution in [3.05, 3.63) is 82.4 Å². The third-order valence-electron chi connectivity index (χ3n) is 7.90. The number of hydrogen-bond donors (Lipinski definition) is 0. The van der Waals surface area contributed by atoms with Crippen molar-refractivity contribution in [2.45, 2.75) is 44.4 Å². The summed E-state index contributed by atoms with van der Waals surface area (Å²) in [7, 11) is 3.08. The first-order chi connectivity index (χ1) is 20.0. The molecule has 42 heavy (non-hydrogen) atoms. The van der Waals surface area contributed by atoms with Crippen molar-refractivity contribution >= 4 is 5.97 Å². The third kappa shape index (κ3) is 4.97. The van der Waals surface area contributed by atoms with E-state index >= 15 is 4.39 Å². The molecule has 2 atom stereocenters. The molecule has 0 radical (unpaired) electrons. The first-order valence-electron chi connectivity index (χ1n) is 13.4. The van der Waals surface area contributed by atoms with Crippen LogP contribution in [0.3, 0.4) is 0 Å². The Bertz CT molecular complexity index is 1660. The number of halogens is 4. The lowest BCUT2D eigenvalue weighted by molar-refractivity contribution is -0.141. The van der Waals surface area contributed by atoms with Crippen LogP contribution in [0.4, 0.5) is 17.6 Å². The molecule has 1 unspecified atom stereocenters. The van der Waals surface area contributed by atoms with Crippen LogP contribution in [0.25, 0.3) is 22.5 Å². The Labute approximate surface area is 239 Å². The summed E-state index contributed by atoms with van der Waals surface area (Å²) < 4.78 is 76.3. The molecule has 1 aromatic heterocycles. The maximum absolute atomic E-state index is 15.4. The first kappa shape index (κ1) is 27.7. The number of aromatic nitrogens is 3. The number of ether oxygens (including phenoxy) is 3. The van der Waals surface area contributed by atoms with Gasteiger partial charge in [-0.05, 0) is 48.6 Å². The summed E-state index contributed by atoms with van der Waals surface area (Å²) in [6, 6.07) is 12.2. The highest BCUT2D eigenvalue weighted by atomic mass is 19.4. The van der Waals surface area contributed by atoms with E-state index in [1.54, 1.807) is 61.1 Å². The molecule has 0 amide bonds. The van der Waals surface area contributed by atoms with Gasteiger partial charge in [0, 0.05) is 35.7 Å². The zero-order valence-corrected chi connectivity index (χ0v) is 23.1. The van der Waals surface area contributed by atoms with Crippen molar-refractivity contribution in [2.75, 3.05) is 13.7 Å². The summed E-state index contributed by atoms with van der Waals surface area (Å²) in [6.07, 6.45) is -4.86. The highest BCUT2D eigenvalue weighted by molar-refractivity contribution is 5.76. The van der Waals surface area contributed by atoms with Gasteiger partial charge in [-0.1, -0.05) is 30.3 Å². The molecule has 7 nitrogen and oxygen atoms in total. The lowest BCUT2D eigenvalue weighted by Gasteiger charge is -2.21. The van der Waals surface area contributed by atoms with Crippen LogP contribution in [0.1, 0.15) is 52.9 Å². The molecular formula is C31H27F4N3O4. The predicted molar refractivity (Wildman–Crippen MR) is 145 cm³/mol. The van der Waals surface area contributed by atoms with Crippen LogP contribution in [-0.4, -0.2) is 34.5 Å². The van der Waals surface area contributed by atoms with Crippen molar-refractivity contribution in [3.63, 3.8) is 0 Å². The lowest BCUT2D eigenvalue weighted by Crippen LogP contribution is -2.12. The normalized spacial score (nSPS) is 17.5. The highest BCUT2D eigenvalue weighted by Gasteiger charge is 2.40. The van der Waals surface area contributed by atoms with Gasteiger partial charge in [-0.3, -0.25) is 9.48 Å². The predicted octanol–water partition coefficient (Wildman–Crippen LogP) is 6.72. The van der Waals surface area contributed by atoms with Crippen LogP contribution in [0.15, 0.2) is 48.5 Å². The molecule has 2 aliphatic rings. The number of fused-ring (bicyclic) bond motifs is 2. The van der Waals surface area contributed by atoms with Gasteiger partial charge < -0.3 is 14.2 Å². The molecule has 218 valence electrons. The maximum atomic E-state index is 15.4. The SMILES string of the molecule is COC(=O)C[C@@H]1COc2cc(OC3CCc4c(-c5ccc(-c6nc(C)n(C)n6)cc5)c(C(F)(F)F)cc(F)c43)ccc21. The van der Waals surface area contributed by atoms with Gasteiger partial charge in [-0.15, -0.1) is 0 Å². The number of methoxy groups -OCH3 is 1. The molecule has 1 aliphatic heterocycles. The number of esters is 1. The largest absolute Gasteiger partial charge is 0.492 e. The van der Waals surface area contributed by atoms with E-state index in [0.717, 1.165) is 5.56 Å². The van der Waals surface area contributed by atoms with Crippen molar-refractivity contribution in [1.82, 2.24) is 14.8 Å². The molecule has 0 N–H and O–H groups in total. The Morgan fingerprint density at radius 1 is 1.12 bits per heavy atom. The summed E-state index contributed by atoms with van der Waals surface area (Å²) in [6.45, 7) is 2.12. The Morgan fingerprint density at radius 3 is 2.52 bits per heavy atom. The van der Waals surface area contributed by atoms with E-state index in [0.29, 0.717) is 53.4 Å². The van der Waals surface area contributed by atoms with Crippen molar-refractivity contribution in [2.24, 2.45) is 7.05 Å². The standard InChI is InChI=1S/C31H27F4N3O4/c1-16-36-30(37-38(16)2)18-6-4-17(5-7-18)28-22-10-11-25(29(22)24(32)14-23(28)31(33,34)35)42-20-8-9-21-19(12-27(39)40-3)15-41-26(21)13-20/h4-9,13-14,19,25H,10-12,15H2,1-3H3/t19-,25?/m1/s1. The van der Waals surface area contributed by atoms with Crippen molar-refractivity contribution in [3.8, 4) is 34.0 Å². The maximum Gasteiger partial charge on any atom is 0.417 e. The number of nitrogens with zero attached hydrogens (tertiary/aromatic N) is 3. The van der Waals surface area contributed by atoms with E-state index in [1.165, 1.54) is 7.11 Å². The minimum atomic E-state index is -4.76. The topological polar surface area (TPSA) is 75.5 Å². The zero-order valence-electron chi connectivity index (χ0n) is 23.1. The quantitative estimate of drug-likeness (QED) is 0.186. The van der Waals surface area contributed by atoms with E-state index in [2.05, 4.69) is 10.1 Å². The summed E-state index contributed by atoms with van der Waals surface area (Å²) in [4.78, 5) is 16.1. The zero-order chi connectivity index (χ0) is 29.8. The monoisotopic (exact) mass is 581 g/mol. The average Bonchev–Trinajstić information content (AvgIpc) is 3.65. The van der Waals surface area contributed by atoms with Crippen LogP contribution < -0.4 is 9.47 Å². The van der Waals surface area contributed by atoms with Gasteiger partial charge in [-0.2, -0.15) is 18.3 Å². The molecule has 0 saturated heterocycles. The number of hydrogen-bond acceptors (Lipinski definition) is 6. The van der Waals surface area contributed by atoms with Gasteiger partial charge in [0.25, 0.3) is 0 Å². The first-order valence-corrected chi connectivity index (χ1v) is 13.4. The molecule has 4 aromatic rings. The van der Waals surface area contributed by atoms with Crippen molar-refractivity contribution in [1.29, 1.82) is 0 Å². The molecule has 2 heterocycles. The van der Waals surface area contributed by atoms with E-state index in [9.17, 15) is 18.0 Å². The molecule has 0 bridgehead atoms. The van der Waals surface area contributed by atoms with E-state index in [4.69, 9.17) is 14.2 Å². The third-order valence-corrected chi connectivity index (χ3v) is 7.90. The van der Waals surface area contributed by atoms with Gasteiger partial charge >= 0.3 is 12.1 Å². The molecule has 3 aromatic carbocycles. The second kappa shape index (κ2) is 10.5. The fourth-order valence-corrected chi connectivity index (χ4v) is 5.74. The highest BCUT2D eigenvalue weighted by Crippen LogP contribution is 2.48. The molecule has 11 heteroatoms. The number of benzene rings is 3. The van der Waals surface area contributed by atoms with Crippen LogP contribution in [0, 0.1) is 12.7 Å². The second-order valence-corrected chi connectivity index (χ2v) is 10.5. The van der Waals surface area contributed by atoms with Crippen LogP contribution in [-0.2, 0) is 29.2 Å². The van der Waals surface area contributed by atoms with Gasteiger partial charge in [0.2, 0.25) is 0 Å². The minimum absolute atomic E-state index is 0.0513. The number of carbonyl (C=O) groups is 1. The number of rotatable bonds is 6. The fraction of sp³-hybridized carbons (Fsp3) is 0.323. The Balaban J connectivity index is 1.33. The summed E-state index contributed by atoms with van der Waals surface area (Å²) in [5.41, 5.74) is 1.13. The Hall–Kier alpha value is -4.41. The molecule has 1 aliphatic carbocycles. The second-order valence-electron chi connectivity index (χ2n) is 10.5. The van der Waals surface area contributed by atoms with E-state index in [1.807, 2.05) is 0 Å². The lowest BCUT2D eigenvalue weighted by atomic mass is 9.90. The van der Waals surface area contributed by atoms with Gasteiger partial charge in [0.1, 0.15) is 29.2 Å². The molecule has 0 spiro atoms. The summed E-state index contributed by atoms with van der Waals surface area (Å²) in [5, 5.41) is 4.33. The van der Waals surface area contributed by atoms with Gasteiger partial charge in [-0.25, -0.2) is 9.37 Å². The molecule has 0 saturated carbocycles. The fourth-order valence-electron chi connectivity index (χ4n) is 5.74.